The molecule has 0 aliphatic heterocycles. The third-order valence-corrected chi connectivity index (χ3v) is 4.23. The lowest BCUT2D eigenvalue weighted by Crippen LogP contribution is -2.23. The number of allylic oxidation sites excluding steroid dienone is 4. The second-order valence-corrected chi connectivity index (χ2v) is 5.24. The molecule has 0 radical (unpaired) electrons. The van der Waals surface area contributed by atoms with Crippen LogP contribution in [0.1, 0.15) is 55.6 Å². The molecule has 2 bridgehead atoms. The maximum Gasteiger partial charge on any atom is 0.00545 e. The van der Waals surface area contributed by atoms with Crippen LogP contribution in [0.15, 0.2) is 48.1 Å². The third kappa shape index (κ3) is 1.86. The van der Waals surface area contributed by atoms with Gasteiger partial charge >= 0.3 is 0 Å². The highest BCUT2D eigenvalue weighted by molar-refractivity contribution is 5.46. The van der Waals surface area contributed by atoms with Gasteiger partial charge in [0, 0.05) is 5.92 Å². The Hall–Kier alpha value is -1.30. The largest absolute Gasteiger partial charge is 0.0848 e. The first-order valence-corrected chi connectivity index (χ1v) is 6.84. The van der Waals surface area contributed by atoms with Crippen molar-refractivity contribution >= 4 is 0 Å². The SMILES string of the molecule is CC/C=C\C=C1/CC2CC[C@H]1c1ccccc12. The van der Waals surface area contributed by atoms with Gasteiger partial charge in [0.05, 0.1) is 0 Å². The highest BCUT2D eigenvalue weighted by Gasteiger charge is 2.35. The van der Waals surface area contributed by atoms with Crippen LogP contribution >= 0.6 is 0 Å². The van der Waals surface area contributed by atoms with E-state index in [0.29, 0.717) is 5.92 Å². The van der Waals surface area contributed by atoms with Crippen LogP contribution in [0.2, 0.25) is 0 Å². The fraction of sp³-hybridized carbons (Fsp3) is 0.412. The van der Waals surface area contributed by atoms with E-state index in [0.717, 1.165) is 12.3 Å². The summed E-state index contributed by atoms with van der Waals surface area (Å²) < 4.78 is 0. The van der Waals surface area contributed by atoms with Crippen molar-refractivity contribution in [2.45, 2.75) is 44.4 Å². The molecule has 0 N–H and O–H groups in total. The molecule has 2 atom stereocenters. The van der Waals surface area contributed by atoms with E-state index in [2.05, 4.69) is 49.4 Å². The molecular formula is C17H20. The van der Waals surface area contributed by atoms with Crippen LogP contribution in [0, 0.1) is 0 Å². The molecule has 3 aliphatic carbocycles. The minimum Gasteiger partial charge on any atom is -0.0848 e. The van der Waals surface area contributed by atoms with Crippen molar-refractivity contribution in [1.82, 2.24) is 0 Å². The minimum absolute atomic E-state index is 0.706. The van der Waals surface area contributed by atoms with Crippen molar-refractivity contribution in [1.29, 1.82) is 0 Å². The molecule has 0 saturated heterocycles. The number of hydrogen-bond acceptors (Lipinski definition) is 0. The quantitative estimate of drug-likeness (QED) is 0.667. The Morgan fingerprint density at radius 2 is 2.00 bits per heavy atom. The van der Waals surface area contributed by atoms with Gasteiger partial charge < -0.3 is 0 Å². The lowest BCUT2D eigenvalue weighted by atomic mass is 9.64. The van der Waals surface area contributed by atoms with Gasteiger partial charge in [-0.15, -0.1) is 0 Å². The molecule has 0 spiro atoms. The van der Waals surface area contributed by atoms with Crippen LogP contribution in [-0.4, -0.2) is 0 Å². The van der Waals surface area contributed by atoms with Crippen LogP contribution in [0.5, 0.6) is 0 Å². The number of fused-ring (bicyclic) bond motifs is 2. The lowest BCUT2D eigenvalue weighted by molar-refractivity contribution is 0.439. The van der Waals surface area contributed by atoms with E-state index in [4.69, 9.17) is 0 Å². The average Bonchev–Trinajstić information content (AvgIpc) is 2.40. The molecule has 0 heterocycles. The van der Waals surface area contributed by atoms with Crippen LogP contribution in [0.3, 0.4) is 0 Å². The van der Waals surface area contributed by atoms with Crippen molar-refractivity contribution in [2.24, 2.45) is 0 Å². The first-order chi connectivity index (χ1) is 8.40. The van der Waals surface area contributed by atoms with E-state index in [-0.39, 0.29) is 0 Å². The fourth-order valence-corrected chi connectivity index (χ4v) is 3.41. The monoisotopic (exact) mass is 224 g/mol. The molecule has 0 amide bonds. The Bertz CT molecular complexity index is 465. The summed E-state index contributed by atoms with van der Waals surface area (Å²) in [7, 11) is 0. The Balaban J connectivity index is 1.96. The summed E-state index contributed by atoms with van der Waals surface area (Å²) in [6.07, 6.45) is 12.0. The highest BCUT2D eigenvalue weighted by Crippen LogP contribution is 2.51. The highest BCUT2D eigenvalue weighted by atomic mass is 14.4. The van der Waals surface area contributed by atoms with Gasteiger partial charge in [-0.1, -0.05) is 55.0 Å². The molecule has 17 heavy (non-hydrogen) atoms. The smallest absolute Gasteiger partial charge is 0.00545 e. The standard InChI is InChI=1S/C17H20/c1-2-3-4-7-13-12-14-10-11-16(13)17-9-6-5-8-15(14)17/h3-9,14,16H,2,10-12H2,1H3/b4-3-,13-7+/t14?,16-/m1/s1. The lowest BCUT2D eigenvalue weighted by Gasteiger charge is -2.40. The molecule has 1 unspecified atom stereocenters. The van der Waals surface area contributed by atoms with Crippen LogP contribution in [0.4, 0.5) is 0 Å². The van der Waals surface area contributed by atoms with Crippen molar-refractivity contribution in [3.63, 3.8) is 0 Å². The number of benzene rings is 1. The summed E-state index contributed by atoms with van der Waals surface area (Å²) in [4.78, 5) is 0. The average molecular weight is 224 g/mol. The summed E-state index contributed by atoms with van der Waals surface area (Å²) >= 11 is 0. The maximum absolute atomic E-state index is 2.37. The van der Waals surface area contributed by atoms with Gasteiger partial charge in [0.2, 0.25) is 0 Å². The van der Waals surface area contributed by atoms with E-state index >= 15 is 0 Å². The zero-order valence-electron chi connectivity index (χ0n) is 10.5. The van der Waals surface area contributed by atoms with Gasteiger partial charge in [0.15, 0.2) is 0 Å². The molecule has 4 rings (SSSR count). The Morgan fingerprint density at radius 1 is 1.18 bits per heavy atom. The van der Waals surface area contributed by atoms with Gasteiger partial charge in [-0.2, -0.15) is 0 Å². The molecule has 1 saturated carbocycles. The Morgan fingerprint density at radius 3 is 2.82 bits per heavy atom. The van der Waals surface area contributed by atoms with E-state index in [1.807, 2.05) is 0 Å². The maximum atomic E-state index is 2.37. The van der Waals surface area contributed by atoms with Gasteiger partial charge in [-0.05, 0) is 42.7 Å². The molecule has 1 aromatic rings. The summed E-state index contributed by atoms with van der Waals surface area (Å²) in [5.74, 6) is 1.50. The zero-order valence-corrected chi connectivity index (χ0v) is 10.5. The first-order valence-electron chi connectivity index (χ1n) is 6.84. The molecule has 1 aromatic carbocycles. The van der Waals surface area contributed by atoms with Crippen molar-refractivity contribution < 1.29 is 0 Å². The first kappa shape index (κ1) is 10.8. The van der Waals surface area contributed by atoms with E-state index in [1.165, 1.54) is 19.3 Å². The predicted molar refractivity (Wildman–Crippen MR) is 73.3 cm³/mol. The van der Waals surface area contributed by atoms with Gasteiger partial charge in [-0.25, -0.2) is 0 Å². The summed E-state index contributed by atoms with van der Waals surface area (Å²) in [5.41, 5.74) is 4.89. The minimum atomic E-state index is 0.706. The molecule has 0 heteroatoms. The second kappa shape index (κ2) is 4.52. The van der Waals surface area contributed by atoms with Crippen LogP contribution in [-0.2, 0) is 0 Å². The molecule has 0 aromatic heterocycles. The van der Waals surface area contributed by atoms with Gasteiger partial charge in [0.25, 0.3) is 0 Å². The fourth-order valence-electron chi connectivity index (χ4n) is 3.41. The van der Waals surface area contributed by atoms with E-state index in [1.54, 1.807) is 16.7 Å². The van der Waals surface area contributed by atoms with Crippen molar-refractivity contribution in [3.8, 4) is 0 Å². The number of hydrogen-bond donors (Lipinski definition) is 0. The Kier molecular flexibility index (Phi) is 2.88. The summed E-state index contributed by atoms with van der Waals surface area (Å²) in [6.45, 7) is 2.19. The normalized spacial score (nSPS) is 28.9. The second-order valence-electron chi connectivity index (χ2n) is 5.24. The molecule has 1 fully saturated rings. The topological polar surface area (TPSA) is 0 Å². The molecule has 88 valence electrons. The summed E-state index contributed by atoms with van der Waals surface area (Å²) in [6, 6.07) is 9.06. The van der Waals surface area contributed by atoms with Gasteiger partial charge in [0.1, 0.15) is 0 Å². The zero-order chi connectivity index (χ0) is 11.7. The third-order valence-electron chi connectivity index (χ3n) is 4.23. The van der Waals surface area contributed by atoms with Crippen LogP contribution in [0.25, 0.3) is 0 Å². The molecule has 3 aliphatic rings. The predicted octanol–water partition coefficient (Wildman–Crippen LogP) is 4.94. The van der Waals surface area contributed by atoms with Crippen molar-refractivity contribution in [2.75, 3.05) is 0 Å². The Labute approximate surface area is 104 Å². The van der Waals surface area contributed by atoms with E-state index in [9.17, 15) is 0 Å². The molecule has 0 nitrogen and oxygen atoms in total. The van der Waals surface area contributed by atoms with E-state index < -0.39 is 0 Å². The van der Waals surface area contributed by atoms with Crippen molar-refractivity contribution in [3.05, 3.63) is 59.2 Å². The van der Waals surface area contributed by atoms with Gasteiger partial charge in [-0.3, -0.25) is 0 Å². The number of rotatable bonds is 2. The molecular weight excluding hydrogens is 204 g/mol. The summed E-state index contributed by atoms with van der Waals surface area (Å²) in [5, 5.41) is 0. The van der Waals surface area contributed by atoms with Crippen LogP contribution < -0.4 is 0 Å².